The molecule has 0 spiro atoms. The molecule has 1 saturated heterocycles. The van der Waals surface area contributed by atoms with Gasteiger partial charge in [0, 0.05) is 0 Å². The van der Waals surface area contributed by atoms with Crippen molar-refractivity contribution < 1.29 is 19.8 Å². The van der Waals surface area contributed by atoms with Gasteiger partial charge in [0.05, 0.1) is 12.9 Å². The number of nitrogens with zero attached hydrogens (tertiary/aromatic N) is 3. The van der Waals surface area contributed by atoms with E-state index in [1.54, 1.807) is 0 Å². The predicted molar refractivity (Wildman–Crippen MR) is 68.6 cm³/mol. The van der Waals surface area contributed by atoms with Gasteiger partial charge < -0.3 is 25.5 Å². The second-order valence-electron chi connectivity index (χ2n) is 4.65. The van der Waals surface area contributed by atoms with Crippen molar-refractivity contribution in [1.29, 1.82) is 0 Å². The summed E-state index contributed by atoms with van der Waals surface area (Å²) in [6.07, 6.45) is -2.98. The number of H-pyrrole nitrogens is 1. The summed E-state index contributed by atoms with van der Waals surface area (Å²) >= 11 is 0. The smallest absolute Gasteiger partial charge is 0.280 e. The Balaban J connectivity index is 2.03. The van der Waals surface area contributed by atoms with E-state index in [2.05, 4.69) is 19.8 Å². The molecule has 21 heavy (non-hydrogen) atoms. The van der Waals surface area contributed by atoms with Gasteiger partial charge in [0.1, 0.15) is 18.3 Å². The van der Waals surface area contributed by atoms with E-state index in [0.717, 1.165) is 0 Å². The number of nitrogens with one attached hydrogen (secondary N) is 1. The Labute approximate surface area is 117 Å². The molecule has 4 atom stereocenters. The van der Waals surface area contributed by atoms with Crippen molar-refractivity contribution in [2.45, 2.75) is 24.5 Å². The number of rotatable bonds is 3. The topological polar surface area (TPSA) is 175 Å². The maximum absolute atomic E-state index is 11.7. The van der Waals surface area contributed by atoms with Gasteiger partial charge in [-0.15, -0.1) is 0 Å². The first-order chi connectivity index (χ1) is 10.0. The molecule has 114 valence electrons. The van der Waals surface area contributed by atoms with E-state index in [1.165, 1.54) is 10.9 Å². The SMILES string of the molecule is NOC[C@H]1O[C@@H](n2cnc3c(=O)[nH]c(N)nc32)C(O)C1O. The molecule has 11 heteroatoms. The molecule has 1 aliphatic heterocycles. The number of aromatic nitrogens is 4. The normalized spacial score (nSPS) is 29.3. The number of hydrogen-bond acceptors (Lipinski definition) is 9. The summed E-state index contributed by atoms with van der Waals surface area (Å²) in [5.74, 6) is 4.85. The second-order valence-corrected chi connectivity index (χ2v) is 4.65. The van der Waals surface area contributed by atoms with Crippen LogP contribution in [-0.4, -0.2) is 54.7 Å². The number of hydrogen-bond donors (Lipinski definition) is 5. The highest BCUT2D eigenvalue weighted by atomic mass is 16.6. The summed E-state index contributed by atoms with van der Waals surface area (Å²) in [4.78, 5) is 26.3. The predicted octanol–water partition coefficient (Wildman–Crippen LogP) is -2.79. The van der Waals surface area contributed by atoms with Crippen molar-refractivity contribution in [3.63, 3.8) is 0 Å². The Morgan fingerprint density at radius 1 is 1.48 bits per heavy atom. The third-order valence-electron chi connectivity index (χ3n) is 3.32. The van der Waals surface area contributed by atoms with Gasteiger partial charge in [0.2, 0.25) is 5.95 Å². The Morgan fingerprint density at radius 2 is 2.24 bits per heavy atom. The first kappa shape index (κ1) is 13.9. The van der Waals surface area contributed by atoms with Crippen LogP contribution in [0.2, 0.25) is 0 Å². The molecular formula is C10H14N6O5. The number of nitrogens with two attached hydrogens (primary N) is 2. The van der Waals surface area contributed by atoms with Crippen LogP contribution in [0.25, 0.3) is 11.2 Å². The van der Waals surface area contributed by atoms with E-state index < -0.39 is 30.1 Å². The lowest BCUT2D eigenvalue weighted by Gasteiger charge is -2.16. The molecule has 1 fully saturated rings. The first-order valence-corrected chi connectivity index (χ1v) is 6.08. The third-order valence-corrected chi connectivity index (χ3v) is 3.32. The van der Waals surface area contributed by atoms with Crippen molar-refractivity contribution in [3.05, 3.63) is 16.7 Å². The van der Waals surface area contributed by atoms with E-state index in [1.807, 2.05) is 0 Å². The molecule has 0 aromatic carbocycles. The van der Waals surface area contributed by atoms with E-state index in [-0.39, 0.29) is 23.7 Å². The standard InChI is InChI=1S/C10H14N6O5/c11-10-14-7-4(8(19)15-10)13-2-16(7)9-6(18)5(17)3(21-9)1-20-12/h2-3,5-6,9,17-18H,1,12H2,(H3,11,14,15,19)/t3-,5?,6?,9-/m1/s1. The highest BCUT2D eigenvalue weighted by Crippen LogP contribution is 2.30. The van der Waals surface area contributed by atoms with Crippen molar-refractivity contribution in [2.24, 2.45) is 5.90 Å². The number of aliphatic hydroxyl groups is 2. The van der Waals surface area contributed by atoms with Crippen molar-refractivity contribution in [3.8, 4) is 0 Å². The molecule has 0 saturated carbocycles. The van der Waals surface area contributed by atoms with Crippen LogP contribution in [0.1, 0.15) is 6.23 Å². The van der Waals surface area contributed by atoms with E-state index in [9.17, 15) is 15.0 Å². The molecule has 0 amide bonds. The maximum Gasteiger partial charge on any atom is 0.280 e. The number of ether oxygens (including phenoxy) is 1. The summed E-state index contributed by atoms with van der Waals surface area (Å²) in [7, 11) is 0. The maximum atomic E-state index is 11.7. The van der Waals surface area contributed by atoms with Crippen molar-refractivity contribution >= 4 is 17.1 Å². The third kappa shape index (κ3) is 2.16. The molecule has 2 unspecified atom stereocenters. The van der Waals surface area contributed by atoms with E-state index >= 15 is 0 Å². The molecule has 0 bridgehead atoms. The van der Waals surface area contributed by atoms with Gasteiger partial charge in [0.25, 0.3) is 5.56 Å². The van der Waals surface area contributed by atoms with Crippen LogP contribution in [0.4, 0.5) is 5.95 Å². The summed E-state index contributed by atoms with van der Waals surface area (Å²) < 4.78 is 6.81. The molecule has 11 nitrogen and oxygen atoms in total. The van der Waals surface area contributed by atoms with Crippen molar-refractivity contribution in [2.75, 3.05) is 12.3 Å². The molecule has 3 heterocycles. The van der Waals surface area contributed by atoms with Gasteiger partial charge in [0.15, 0.2) is 17.4 Å². The first-order valence-electron chi connectivity index (χ1n) is 6.08. The average Bonchev–Trinajstić information content (AvgIpc) is 2.96. The molecule has 2 aromatic heterocycles. The molecule has 7 N–H and O–H groups in total. The quantitative estimate of drug-likeness (QED) is 0.375. The van der Waals surface area contributed by atoms with E-state index in [0.29, 0.717) is 0 Å². The van der Waals surface area contributed by atoms with Gasteiger partial charge in [-0.2, -0.15) is 4.98 Å². The number of aliphatic hydroxyl groups excluding tert-OH is 2. The fourth-order valence-corrected chi connectivity index (χ4v) is 2.32. The van der Waals surface area contributed by atoms with Gasteiger partial charge in [-0.3, -0.25) is 14.3 Å². The van der Waals surface area contributed by atoms with Crippen LogP contribution >= 0.6 is 0 Å². The Morgan fingerprint density at radius 3 is 2.95 bits per heavy atom. The largest absolute Gasteiger partial charge is 0.387 e. The molecule has 2 aromatic rings. The fourth-order valence-electron chi connectivity index (χ4n) is 2.32. The van der Waals surface area contributed by atoms with Crippen LogP contribution in [0.3, 0.4) is 0 Å². The monoisotopic (exact) mass is 298 g/mol. The highest BCUT2D eigenvalue weighted by Gasteiger charge is 2.44. The zero-order valence-electron chi connectivity index (χ0n) is 10.7. The minimum Gasteiger partial charge on any atom is -0.387 e. The van der Waals surface area contributed by atoms with Gasteiger partial charge in [-0.25, -0.2) is 10.9 Å². The molecule has 3 rings (SSSR count). The Bertz CT molecular complexity index is 714. The number of fused-ring (bicyclic) bond motifs is 1. The lowest BCUT2D eigenvalue weighted by molar-refractivity contribution is -0.0660. The highest BCUT2D eigenvalue weighted by molar-refractivity contribution is 5.70. The van der Waals surface area contributed by atoms with Crippen LogP contribution in [0, 0.1) is 0 Å². The molecule has 0 radical (unpaired) electrons. The minimum absolute atomic E-state index is 0.0491. The zero-order valence-corrected chi connectivity index (χ0v) is 10.7. The van der Waals surface area contributed by atoms with Gasteiger partial charge >= 0.3 is 0 Å². The lowest BCUT2D eigenvalue weighted by Crippen LogP contribution is -2.34. The number of imidazole rings is 1. The fraction of sp³-hybridized carbons (Fsp3) is 0.500. The number of nitrogen functional groups attached to an aromatic ring is 1. The summed E-state index contributed by atoms with van der Waals surface area (Å²) in [6.45, 7) is -0.0997. The van der Waals surface area contributed by atoms with Crippen LogP contribution in [0.5, 0.6) is 0 Å². The van der Waals surface area contributed by atoms with E-state index in [4.69, 9.17) is 16.4 Å². The van der Waals surface area contributed by atoms with Crippen LogP contribution < -0.4 is 17.2 Å². The van der Waals surface area contributed by atoms with Gasteiger partial charge in [-0.1, -0.05) is 0 Å². The van der Waals surface area contributed by atoms with Crippen molar-refractivity contribution in [1.82, 2.24) is 19.5 Å². The number of anilines is 1. The zero-order chi connectivity index (χ0) is 15.1. The summed E-state index contributed by atoms with van der Waals surface area (Å²) in [6, 6.07) is 0. The average molecular weight is 298 g/mol. The second kappa shape index (κ2) is 5.05. The van der Waals surface area contributed by atoms with Crippen LogP contribution in [0.15, 0.2) is 11.1 Å². The lowest BCUT2D eigenvalue weighted by atomic mass is 10.1. The molecular weight excluding hydrogens is 284 g/mol. The molecule has 0 aliphatic carbocycles. The number of aromatic amines is 1. The van der Waals surface area contributed by atoms with Crippen LogP contribution in [-0.2, 0) is 9.57 Å². The summed E-state index contributed by atoms with van der Waals surface area (Å²) in [5.41, 5.74) is 5.17. The Kier molecular flexibility index (Phi) is 3.35. The molecule has 1 aliphatic rings. The minimum atomic E-state index is -1.26. The summed E-state index contributed by atoms with van der Waals surface area (Å²) in [5, 5.41) is 19.9. The Hall–Kier alpha value is -2.05. The van der Waals surface area contributed by atoms with Gasteiger partial charge in [-0.05, 0) is 0 Å².